The molecule has 0 bridgehead atoms. The van der Waals surface area contributed by atoms with Gasteiger partial charge in [0.2, 0.25) is 0 Å². The first kappa shape index (κ1) is 23.3. The number of carbonyl (C=O) groups is 2. The average molecular weight is 479 g/mol. The van der Waals surface area contributed by atoms with Crippen molar-refractivity contribution in [1.82, 2.24) is 5.01 Å². The first-order chi connectivity index (χ1) is 16.5. The molecule has 0 aliphatic carbocycles. The first-order valence-electron chi connectivity index (χ1n) is 10.6. The van der Waals surface area contributed by atoms with Crippen LogP contribution in [0.25, 0.3) is 0 Å². The Balaban J connectivity index is 1.65. The van der Waals surface area contributed by atoms with Crippen molar-refractivity contribution in [2.45, 2.75) is 12.5 Å². The van der Waals surface area contributed by atoms with Crippen molar-refractivity contribution in [3.05, 3.63) is 88.4 Å². The number of hydrazone groups is 1. The molecule has 0 fully saturated rings. The number of methoxy groups -OCH3 is 2. The molecular formula is C26H23ClN2O5. The summed E-state index contributed by atoms with van der Waals surface area (Å²) in [7, 11) is 3.12. The van der Waals surface area contributed by atoms with Gasteiger partial charge in [-0.05, 0) is 35.9 Å². The Hall–Kier alpha value is -3.84. The van der Waals surface area contributed by atoms with E-state index in [1.807, 2.05) is 30.3 Å². The fourth-order valence-corrected chi connectivity index (χ4v) is 4.08. The summed E-state index contributed by atoms with van der Waals surface area (Å²) in [6, 6.07) is 19.2. The van der Waals surface area contributed by atoms with E-state index < -0.39 is 6.04 Å². The Morgan fingerprint density at radius 2 is 1.76 bits per heavy atom. The standard InChI is InChI=1S/C26H23ClN2O5/c1-32-24-12-11-17(13-25(24)33-2)22-14-21(19-8-4-5-9-20(19)27)28-29(22)26(31)16-34-23-10-6-3-7-18(23)15-30/h3-13,15,22H,14,16H2,1-2H3. The van der Waals surface area contributed by atoms with E-state index in [0.717, 1.165) is 11.1 Å². The van der Waals surface area contributed by atoms with Crippen molar-refractivity contribution in [2.24, 2.45) is 5.10 Å². The highest BCUT2D eigenvalue weighted by atomic mass is 35.5. The van der Waals surface area contributed by atoms with Crippen LogP contribution in [0.3, 0.4) is 0 Å². The lowest BCUT2D eigenvalue weighted by molar-refractivity contribution is -0.135. The number of rotatable bonds is 8. The Bertz CT molecular complexity index is 1240. The van der Waals surface area contributed by atoms with Crippen LogP contribution in [-0.4, -0.2) is 43.7 Å². The van der Waals surface area contributed by atoms with Crippen molar-refractivity contribution in [2.75, 3.05) is 20.8 Å². The van der Waals surface area contributed by atoms with E-state index in [4.69, 9.17) is 25.8 Å². The molecule has 0 spiro atoms. The van der Waals surface area contributed by atoms with Gasteiger partial charge in [0.15, 0.2) is 24.4 Å². The zero-order valence-electron chi connectivity index (χ0n) is 18.7. The van der Waals surface area contributed by atoms with Gasteiger partial charge in [-0.15, -0.1) is 0 Å². The molecule has 1 amide bonds. The summed E-state index contributed by atoms with van der Waals surface area (Å²) >= 11 is 6.41. The fraction of sp³-hybridized carbons (Fsp3) is 0.192. The number of halogens is 1. The summed E-state index contributed by atoms with van der Waals surface area (Å²) in [5, 5.41) is 6.58. The molecule has 1 aliphatic heterocycles. The molecular weight excluding hydrogens is 456 g/mol. The minimum atomic E-state index is -0.400. The number of benzene rings is 3. The molecule has 1 atom stereocenters. The molecule has 1 heterocycles. The molecule has 7 nitrogen and oxygen atoms in total. The Labute approximate surface area is 202 Å². The number of para-hydroxylation sites is 1. The van der Waals surface area contributed by atoms with Crippen molar-refractivity contribution in [1.29, 1.82) is 0 Å². The molecule has 34 heavy (non-hydrogen) atoms. The molecule has 0 N–H and O–H groups in total. The second-order valence-corrected chi connectivity index (χ2v) is 7.95. The van der Waals surface area contributed by atoms with Gasteiger partial charge in [0.05, 0.1) is 31.5 Å². The van der Waals surface area contributed by atoms with Crippen LogP contribution in [0.15, 0.2) is 71.8 Å². The summed E-state index contributed by atoms with van der Waals surface area (Å²) in [5.41, 5.74) is 2.64. The Kier molecular flexibility index (Phi) is 7.13. The molecule has 3 aromatic rings. The number of ether oxygens (including phenoxy) is 3. The third-order valence-corrected chi connectivity index (χ3v) is 5.87. The van der Waals surface area contributed by atoms with E-state index in [-0.39, 0.29) is 12.5 Å². The van der Waals surface area contributed by atoms with Crippen LogP contribution < -0.4 is 14.2 Å². The van der Waals surface area contributed by atoms with E-state index >= 15 is 0 Å². The number of amides is 1. The van der Waals surface area contributed by atoms with Crippen LogP contribution in [0.4, 0.5) is 0 Å². The molecule has 0 radical (unpaired) electrons. The van der Waals surface area contributed by atoms with Gasteiger partial charge in [-0.25, -0.2) is 5.01 Å². The highest BCUT2D eigenvalue weighted by molar-refractivity contribution is 6.34. The third-order valence-electron chi connectivity index (χ3n) is 5.54. The lowest BCUT2D eigenvalue weighted by Gasteiger charge is -2.23. The Morgan fingerprint density at radius 1 is 1.03 bits per heavy atom. The van der Waals surface area contributed by atoms with Gasteiger partial charge in [0, 0.05) is 17.0 Å². The molecule has 4 rings (SSSR count). The monoisotopic (exact) mass is 478 g/mol. The second-order valence-electron chi connectivity index (χ2n) is 7.54. The quantitative estimate of drug-likeness (QED) is 0.429. The summed E-state index contributed by atoms with van der Waals surface area (Å²) in [6.45, 7) is -0.284. The van der Waals surface area contributed by atoms with Crippen molar-refractivity contribution in [3.8, 4) is 17.2 Å². The van der Waals surface area contributed by atoms with Crippen LogP contribution in [0.1, 0.15) is 33.9 Å². The minimum Gasteiger partial charge on any atom is -0.493 e. The van der Waals surface area contributed by atoms with Gasteiger partial charge in [0.1, 0.15) is 5.75 Å². The number of nitrogens with zero attached hydrogens (tertiary/aromatic N) is 2. The maximum atomic E-state index is 13.3. The SMILES string of the molecule is COc1ccc(C2CC(c3ccccc3Cl)=NN2C(=O)COc2ccccc2C=O)cc1OC. The number of hydrogen-bond acceptors (Lipinski definition) is 6. The highest BCUT2D eigenvalue weighted by Gasteiger charge is 2.34. The first-order valence-corrected chi connectivity index (χ1v) is 11.0. The van der Waals surface area contributed by atoms with Crippen molar-refractivity contribution < 1.29 is 23.8 Å². The van der Waals surface area contributed by atoms with E-state index in [0.29, 0.717) is 46.3 Å². The number of carbonyl (C=O) groups excluding carboxylic acids is 2. The van der Waals surface area contributed by atoms with Gasteiger partial charge >= 0.3 is 0 Å². The van der Waals surface area contributed by atoms with E-state index in [9.17, 15) is 9.59 Å². The molecule has 174 valence electrons. The molecule has 0 aromatic heterocycles. The van der Waals surface area contributed by atoms with Crippen LogP contribution in [-0.2, 0) is 4.79 Å². The molecule has 0 saturated carbocycles. The summed E-state index contributed by atoms with van der Waals surface area (Å²) in [4.78, 5) is 24.5. The largest absolute Gasteiger partial charge is 0.493 e. The van der Waals surface area contributed by atoms with Crippen molar-refractivity contribution >= 4 is 29.5 Å². The third kappa shape index (κ3) is 4.75. The van der Waals surface area contributed by atoms with Gasteiger partial charge < -0.3 is 14.2 Å². The fourth-order valence-electron chi connectivity index (χ4n) is 3.83. The predicted octanol–water partition coefficient (Wildman–Crippen LogP) is 4.93. The Morgan fingerprint density at radius 3 is 2.50 bits per heavy atom. The molecule has 1 unspecified atom stereocenters. The predicted molar refractivity (Wildman–Crippen MR) is 129 cm³/mol. The van der Waals surface area contributed by atoms with E-state index in [1.165, 1.54) is 5.01 Å². The van der Waals surface area contributed by atoms with Gasteiger partial charge in [-0.2, -0.15) is 5.10 Å². The summed E-state index contributed by atoms with van der Waals surface area (Å²) in [5.74, 6) is 1.11. The van der Waals surface area contributed by atoms with Crippen LogP contribution in [0.2, 0.25) is 5.02 Å². The lowest BCUT2D eigenvalue weighted by atomic mass is 9.98. The minimum absolute atomic E-state index is 0.284. The molecule has 8 heteroatoms. The lowest BCUT2D eigenvalue weighted by Crippen LogP contribution is -2.31. The van der Waals surface area contributed by atoms with E-state index in [1.54, 1.807) is 50.6 Å². The average Bonchev–Trinajstić information content (AvgIpc) is 3.32. The number of hydrogen-bond donors (Lipinski definition) is 0. The van der Waals surface area contributed by atoms with Crippen LogP contribution in [0.5, 0.6) is 17.2 Å². The maximum Gasteiger partial charge on any atom is 0.281 e. The molecule has 1 aliphatic rings. The van der Waals surface area contributed by atoms with Gasteiger partial charge in [-0.1, -0.05) is 48.0 Å². The zero-order valence-corrected chi connectivity index (χ0v) is 19.5. The van der Waals surface area contributed by atoms with Gasteiger partial charge in [0.25, 0.3) is 5.91 Å². The molecule has 3 aromatic carbocycles. The highest BCUT2D eigenvalue weighted by Crippen LogP contribution is 2.38. The summed E-state index contributed by atoms with van der Waals surface area (Å²) in [6.07, 6.45) is 1.14. The zero-order chi connectivity index (χ0) is 24.1. The number of aldehydes is 1. The topological polar surface area (TPSA) is 77.4 Å². The second kappa shape index (κ2) is 10.4. The maximum absolute atomic E-state index is 13.3. The van der Waals surface area contributed by atoms with Gasteiger partial charge in [-0.3, -0.25) is 9.59 Å². The van der Waals surface area contributed by atoms with Crippen LogP contribution in [0, 0.1) is 0 Å². The van der Waals surface area contributed by atoms with E-state index in [2.05, 4.69) is 5.10 Å². The van der Waals surface area contributed by atoms with Crippen LogP contribution >= 0.6 is 11.6 Å². The summed E-state index contributed by atoms with van der Waals surface area (Å²) < 4.78 is 16.5. The smallest absolute Gasteiger partial charge is 0.281 e. The van der Waals surface area contributed by atoms with Crippen molar-refractivity contribution in [3.63, 3.8) is 0 Å². The normalized spacial score (nSPS) is 15.0. The molecule has 0 saturated heterocycles.